The summed E-state index contributed by atoms with van der Waals surface area (Å²) in [6.45, 7) is 5.24. The molecule has 0 aromatic rings. The Balaban J connectivity index is 3.31. The second-order valence-corrected chi connectivity index (χ2v) is 3.20. The molecule has 2 heteroatoms. The highest BCUT2D eigenvalue weighted by atomic mass is 35.5. The van der Waals surface area contributed by atoms with Crippen LogP contribution in [-0.4, -0.2) is 19.6 Å². The molecule has 0 rings (SSSR count). The third-order valence-corrected chi connectivity index (χ3v) is 2.48. The van der Waals surface area contributed by atoms with Crippen LogP contribution in [0.15, 0.2) is 0 Å². The van der Waals surface area contributed by atoms with E-state index in [0.29, 0.717) is 11.8 Å². The largest absolute Gasteiger partial charge is 0.385 e. The zero-order chi connectivity index (χ0) is 7.98. The summed E-state index contributed by atoms with van der Waals surface area (Å²) in [6, 6.07) is 0. The molecule has 0 N–H and O–H groups in total. The van der Waals surface area contributed by atoms with Gasteiger partial charge >= 0.3 is 0 Å². The highest BCUT2D eigenvalue weighted by Gasteiger charge is 2.09. The Labute approximate surface area is 68.7 Å². The van der Waals surface area contributed by atoms with Gasteiger partial charge in [0, 0.05) is 19.6 Å². The lowest BCUT2D eigenvalue weighted by Crippen LogP contribution is -2.11. The first kappa shape index (κ1) is 10.2. The van der Waals surface area contributed by atoms with Crippen LogP contribution in [0.4, 0.5) is 0 Å². The van der Waals surface area contributed by atoms with Crippen molar-refractivity contribution in [3.63, 3.8) is 0 Å². The smallest absolute Gasteiger partial charge is 0.0464 e. The number of hydrogen-bond donors (Lipinski definition) is 0. The van der Waals surface area contributed by atoms with Crippen molar-refractivity contribution in [1.82, 2.24) is 0 Å². The minimum absolute atomic E-state index is 0.608. The molecule has 0 amide bonds. The molecule has 0 aromatic carbocycles. The fraction of sp³-hybridized carbons (Fsp3) is 1.00. The van der Waals surface area contributed by atoms with Gasteiger partial charge in [-0.15, -0.1) is 11.6 Å². The van der Waals surface area contributed by atoms with Gasteiger partial charge in [-0.2, -0.15) is 0 Å². The summed E-state index contributed by atoms with van der Waals surface area (Å²) >= 11 is 5.68. The lowest BCUT2D eigenvalue weighted by Gasteiger charge is -2.16. The lowest BCUT2D eigenvalue weighted by molar-refractivity contribution is 0.170. The first-order chi connectivity index (χ1) is 4.72. The number of methoxy groups -OCH3 is 1. The van der Waals surface area contributed by atoms with Crippen LogP contribution in [0.2, 0.25) is 0 Å². The van der Waals surface area contributed by atoms with Crippen LogP contribution in [0, 0.1) is 11.8 Å². The molecule has 0 aromatic heterocycles. The van der Waals surface area contributed by atoms with E-state index in [9.17, 15) is 0 Å². The van der Waals surface area contributed by atoms with Crippen LogP contribution < -0.4 is 0 Å². The van der Waals surface area contributed by atoms with Gasteiger partial charge in [0.1, 0.15) is 0 Å². The summed E-state index contributed by atoms with van der Waals surface area (Å²) in [7, 11) is 1.73. The fourth-order valence-corrected chi connectivity index (χ4v) is 1.04. The van der Waals surface area contributed by atoms with Gasteiger partial charge in [0.15, 0.2) is 0 Å². The van der Waals surface area contributed by atoms with Crippen molar-refractivity contribution in [1.29, 1.82) is 0 Å². The molecule has 2 atom stereocenters. The standard InChI is InChI=1S/C8H17ClO/c1-7(4-5-10-3)8(2)6-9/h7-8H,4-6H2,1-3H3. The van der Waals surface area contributed by atoms with Gasteiger partial charge in [-0.1, -0.05) is 13.8 Å². The summed E-state index contributed by atoms with van der Waals surface area (Å²) in [5, 5.41) is 0. The highest BCUT2D eigenvalue weighted by molar-refractivity contribution is 6.18. The molecule has 62 valence electrons. The maximum atomic E-state index is 5.68. The summed E-state index contributed by atoms with van der Waals surface area (Å²) in [4.78, 5) is 0. The van der Waals surface area contributed by atoms with Crippen LogP contribution in [0.25, 0.3) is 0 Å². The first-order valence-corrected chi connectivity index (χ1v) is 4.30. The molecule has 1 nitrogen and oxygen atoms in total. The van der Waals surface area contributed by atoms with Crippen LogP contribution in [-0.2, 0) is 4.74 Å². The minimum Gasteiger partial charge on any atom is -0.385 e. The van der Waals surface area contributed by atoms with E-state index in [-0.39, 0.29) is 0 Å². The lowest BCUT2D eigenvalue weighted by atomic mass is 9.95. The number of rotatable bonds is 5. The predicted octanol–water partition coefficient (Wildman–Crippen LogP) is 2.53. The van der Waals surface area contributed by atoms with E-state index >= 15 is 0 Å². The average molecular weight is 165 g/mol. The molecule has 10 heavy (non-hydrogen) atoms. The van der Waals surface area contributed by atoms with Gasteiger partial charge in [0.05, 0.1) is 0 Å². The molecule has 0 aliphatic carbocycles. The highest BCUT2D eigenvalue weighted by Crippen LogP contribution is 2.15. The van der Waals surface area contributed by atoms with Crippen molar-refractivity contribution in [2.45, 2.75) is 20.3 Å². The SMILES string of the molecule is COCCC(C)C(C)CCl. The normalized spacial score (nSPS) is 16.8. The third kappa shape index (κ3) is 4.13. The molecule has 0 radical (unpaired) electrons. The molecule has 0 spiro atoms. The molecule has 2 unspecified atom stereocenters. The van der Waals surface area contributed by atoms with E-state index in [1.54, 1.807) is 7.11 Å². The Morgan fingerprint density at radius 1 is 1.30 bits per heavy atom. The van der Waals surface area contributed by atoms with E-state index in [2.05, 4.69) is 13.8 Å². The van der Waals surface area contributed by atoms with Crippen molar-refractivity contribution in [2.24, 2.45) is 11.8 Å². The zero-order valence-electron chi connectivity index (χ0n) is 7.06. The van der Waals surface area contributed by atoms with Gasteiger partial charge in [-0.05, 0) is 18.3 Å². The van der Waals surface area contributed by atoms with Crippen molar-refractivity contribution < 1.29 is 4.74 Å². The summed E-state index contributed by atoms with van der Waals surface area (Å²) in [5.74, 6) is 2.04. The van der Waals surface area contributed by atoms with E-state index < -0.39 is 0 Å². The Morgan fingerprint density at radius 3 is 2.30 bits per heavy atom. The summed E-state index contributed by atoms with van der Waals surface area (Å²) < 4.78 is 4.96. The third-order valence-electron chi connectivity index (χ3n) is 1.99. The summed E-state index contributed by atoms with van der Waals surface area (Å²) in [5.41, 5.74) is 0. The van der Waals surface area contributed by atoms with E-state index in [1.165, 1.54) is 0 Å². The van der Waals surface area contributed by atoms with E-state index in [1.807, 2.05) is 0 Å². The number of halogens is 1. The average Bonchev–Trinajstić information content (AvgIpc) is 1.98. The first-order valence-electron chi connectivity index (χ1n) is 3.77. The van der Waals surface area contributed by atoms with Crippen LogP contribution in [0.1, 0.15) is 20.3 Å². The zero-order valence-corrected chi connectivity index (χ0v) is 7.82. The van der Waals surface area contributed by atoms with Gasteiger partial charge in [-0.3, -0.25) is 0 Å². The second-order valence-electron chi connectivity index (χ2n) is 2.89. The summed E-state index contributed by atoms with van der Waals surface area (Å²) in [6.07, 6.45) is 1.12. The Hall–Kier alpha value is 0.250. The number of hydrogen-bond acceptors (Lipinski definition) is 1. The topological polar surface area (TPSA) is 9.23 Å². The second kappa shape index (κ2) is 5.99. The molecule has 0 saturated carbocycles. The van der Waals surface area contributed by atoms with Gasteiger partial charge < -0.3 is 4.74 Å². The molecular formula is C8H17ClO. The maximum Gasteiger partial charge on any atom is 0.0464 e. The fourth-order valence-electron chi connectivity index (χ4n) is 0.740. The monoisotopic (exact) mass is 164 g/mol. The van der Waals surface area contributed by atoms with Gasteiger partial charge in [0.25, 0.3) is 0 Å². The van der Waals surface area contributed by atoms with Crippen LogP contribution in [0.3, 0.4) is 0 Å². The Bertz CT molecular complexity index is 75.7. The molecule has 0 fully saturated rings. The van der Waals surface area contributed by atoms with Crippen LogP contribution in [0.5, 0.6) is 0 Å². The minimum atomic E-state index is 0.608. The van der Waals surface area contributed by atoms with Crippen LogP contribution >= 0.6 is 11.6 Å². The Morgan fingerprint density at radius 2 is 1.90 bits per heavy atom. The van der Waals surface area contributed by atoms with Crippen molar-refractivity contribution in [3.8, 4) is 0 Å². The quantitative estimate of drug-likeness (QED) is 0.568. The molecular weight excluding hydrogens is 148 g/mol. The molecule has 0 saturated heterocycles. The van der Waals surface area contributed by atoms with Crippen molar-refractivity contribution in [2.75, 3.05) is 19.6 Å². The van der Waals surface area contributed by atoms with Gasteiger partial charge in [-0.25, -0.2) is 0 Å². The molecule has 0 bridgehead atoms. The molecule has 0 heterocycles. The predicted molar refractivity (Wildman–Crippen MR) is 45.5 cm³/mol. The van der Waals surface area contributed by atoms with E-state index in [0.717, 1.165) is 18.9 Å². The maximum absolute atomic E-state index is 5.68. The van der Waals surface area contributed by atoms with Crippen molar-refractivity contribution >= 4 is 11.6 Å². The number of ether oxygens (including phenoxy) is 1. The molecule has 0 aliphatic rings. The van der Waals surface area contributed by atoms with Crippen molar-refractivity contribution in [3.05, 3.63) is 0 Å². The Kier molecular flexibility index (Phi) is 6.14. The molecule has 0 aliphatic heterocycles. The number of alkyl halides is 1. The van der Waals surface area contributed by atoms with Gasteiger partial charge in [0.2, 0.25) is 0 Å². The van der Waals surface area contributed by atoms with E-state index in [4.69, 9.17) is 16.3 Å².